The normalized spacial score (nSPS) is 18.5. The smallest absolute Gasteiger partial charge is 0.309 e. The molecule has 2 aliphatic rings. The number of anilines is 3. The number of aromatic amines is 1. The molecule has 0 saturated carbocycles. The van der Waals surface area contributed by atoms with Gasteiger partial charge in [-0.3, -0.25) is 9.89 Å². The number of benzene rings is 1. The van der Waals surface area contributed by atoms with Crippen molar-refractivity contribution >= 4 is 55.6 Å². The van der Waals surface area contributed by atoms with E-state index in [0.717, 1.165) is 77.1 Å². The van der Waals surface area contributed by atoms with E-state index >= 15 is 0 Å². The number of aryl methyl sites for hydroxylation is 1. The van der Waals surface area contributed by atoms with Gasteiger partial charge in [0.15, 0.2) is 0 Å². The number of thiophene rings is 1. The monoisotopic (exact) mass is 519 g/mol. The van der Waals surface area contributed by atoms with Crippen LogP contribution in [0.15, 0.2) is 24.7 Å². The zero-order valence-corrected chi connectivity index (χ0v) is 22.4. The van der Waals surface area contributed by atoms with E-state index in [1.165, 1.54) is 10.4 Å². The largest absolute Gasteiger partial charge is 0.466 e. The van der Waals surface area contributed by atoms with Gasteiger partial charge in [-0.25, -0.2) is 9.97 Å². The predicted molar refractivity (Wildman–Crippen MR) is 148 cm³/mol. The molecular formula is C27H33N7O2S. The van der Waals surface area contributed by atoms with Crippen LogP contribution in [0.5, 0.6) is 0 Å². The van der Waals surface area contributed by atoms with Crippen molar-refractivity contribution in [3.63, 3.8) is 0 Å². The minimum absolute atomic E-state index is 0.0786. The number of hydrogen-bond acceptors (Lipinski definition) is 9. The number of H-pyrrole nitrogens is 1. The second-order valence-electron chi connectivity index (χ2n) is 10.2. The molecule has 1 aliphatic carbocycles. The third-order valence-electron chi connectivity index (χ3n) is 7.81. The van der Waals surface area contributed by atoms with Crippen LogP contribution >= 0.6 is 11.3 Å². The van der Waals surface area contributed by atoms with Gasteiger partial charge in [-0.05, 0) is 70.8 Å². The van der Waals surface area contributed by atoms with E-state index in [1.54, 1.807) is 17.7 Å². The maximum absolute atomic E-state index is 12.4. The average Bonchev–Trinajstić information content (AvgIpc) is 3.52. The number of carbonyl (C=O) groups is 1. The molecule has 0 amide bonds. The van der Waals surface area contributed by atoms with Gasteiger partial charge in [-0.2, -0.15) is 5.10 Å². The topological polar surface area (TPSA) is 99.3 Å². The fourth-order valence-electron chi connectivity index (χ4n) is 5.76. The van der Waals surface area contributed by atoms with E-state index in [2.05, 4.69) is 56.5 Å². The molecule has 1 fully saturated rings. The van der Waals surface area contributed by atoms with Crippen LogP contribution in [-0.4, -0.2) is 70.9 Å². The summed E-state index contributed by atoms with van der Waals surface area (Å²) >= 11 is 1.67. The Morgan fingerprint density at radius 1 is 1.24 bits per heavy atom. The average molecular weight is 520 g/mol. The van der Waals surface area contributed by atoms with E-state index in [1.807, 2.05) is 13.1 Å². The van der Waals surface area contributed by atoms with E-state index < -0.39 is 0 Å². The quantitative estimate of drug-likeness (QED) is 0.359. The molecule has 3 aromatic heterocycles. The summed E-state index contributed by atoms with van der Waals surface area (Å²) in [5.41, 5.74) is 4.48. The van der Waals surface area contributed by atoms with Gasteiger partial charge in [-0.1, -0.05) is 0 Å². The number of rotatable bonds is 6. The number of nitrogens with one attached hydrogen (secondary N) is 2. The molecule has 37 heavy (non-hydrogen) atoms. The molecule has 1 aliphatic heterocycles. The first-order valence-electron chi connectivity index (χ1n) is 13.1. The van der Waals surface area contributed by atoms with Crippen molar-refractivity contribution in [2.24, 2.45) is 5.92 Å². The van der Waals surface area contributed by atoms with Crippen LogP contribution in [0.25, 0.3) is 21.1 Å². The van der Waals surface area contributed by atoms with Gasteiger partial charge in [0.1, 0.15) is 17.0 Å². The lowest BCUT2D eigenvalue weighted by molar-refractivity contribution is -0.148. The number of fused-ring (bicyclic) bond motifs is 4. The standard InChI is InChI=1S/C27H33N7O2S/c1-4-36-27(35)16-5-6-19-23(12-16)37-26-24(19)25(28-15-29-26)31-21-11-17-14-30-32-20(17)13-22(21)34-9-7-18(8-10-34)33(2)3/h11,13-16,18H,4-10,12H2,1-3H3,(H,30,32)(H,28,29,31)/t16-/m0/s1. The highest BCUT2D eigenvalue weighted by Gasteiger charge is 2.30. The lowest BCUT2D eigenvalue weighted by atomic mass is 9.88. The molecule has 0 spiro atoms. The Kier molecular flexibility index (Phi) is 6.46. The van der Waals surface area contributed by atoms with Crippen LogP contribution in [0, 0.1) is 5.92 Å². The van der Waals surface area contributed by atoms with E-state index in [0.29, 0.717) is 19.1 Å². The Morgan fingerprint density at radius 2 is 2.08 bits per heavy atom. The number of aromatic nitrogens is 4. The molecule has 0 unspecified atom stereocenters. The number of ether oxygens (including phenoxy) is 1. The van der Waals surface area contributed by atoms with Crippen LogP contribution < -0.4 is 10.2 Å². The molecule has 6 rings (SSSR count). The van der Waals surface area contributed by atoms with Crippen molar-refractivity contribution in [1.82, 2.24) is 25.1 Å². The summed E-state index contributed by atoms with van der Waals surface area (Å²) in [6, 6.07) is 4.97. The number of esters is 1. The van der Waals surface area contributed by atoms with Crippen molar-refractivity contribution < 1.29 is 9.53 Å². The van der Waals surface area contributed by atoms with Crippen LogP contribution in [0.4, 0.5) is 17.2 Å². The van der Waals surface area contributed by atoms with Crippen molar-refractivity contribution in [3.8, 4) is 0 Å². The second kappa shape index (κ2) is 9.90. The lowest BCUT2D eigenvalue weighted by Crippen LogP contribution is -2.42. The highest BCUT2D eigenvalue weighted by Crippen LogP contribution is 2.42. The maximum atomic E-state index is 12.4. The number of carbonyl (C=O) groups excluding carboxylic acids is 1. The highest BCUT2D eigenvalue weighted by molar-refractivity contribution is 7.19. The first kappa shape index (κ1) is 24.1. The van der Waals surface area contributed by atoms with Gasteiger partial charge >= 0.3 is 5.97 Å². The first-order valence-corrected chi connectivity index (χ1v) is 13.9. The number of hydrogen-bond donors (Lipinski definition) is 2. The Morgan fingerprint density at radius 3 is 2.86 bits per heavy atom. The number of nitrogens with zero attached hydrogens (tertiary/aromatic N) is 5. The van der Waals surface area contributed by atoms with Gasteiger partial charge in [-0.15, -0.1) is 11.3 Å². The molecule has 4 aromatic rings. The van der Waals surface area contributed by atoms with Gasteiger partial charge in [0.25, 0.3) is 0 Å². The molecule has 10 heteroatoms. The van der Waals surface area contributed by atoms with Crippen LogP contribution in [0.3, 0.4) is 0 Å². The van der Waals surface area contributed by atoms with Crippen LogP contribution in [0.1, 0.15) is 36.6 Å². The fourth-order valence-corrected chi connectivity index (χ4v) is 7.03. The molecular weight excluding hydrogens is 486 g/mol. The molecule has 4 heterocycles. The summed E-state index contributed by atoms with van der Waals surface area (Å²) in [5.74, 6) is 0.653. The zero-order valence-electron chi connectivity index (χ0n) is 21.6. The fraction of sp³-hybridized carbons (Fsp3) is 0.481. The second-order valence-corrected chi connectivity index (χ2v) is 11.3. The van der Waals surface area contributed by atoms with Crippen LogP contribution in [-0.2, 0) is 22.4 Å². The SMILES string of the molecule is CCOC(=O)[C@H]1CCc2c(sc3ncnc(Nc4cc5cn[nH]c5cc4N4CCC(N(C)C)CC4)c23)C1. The van der Waals surface area contributed by atoms with E-state index in [4.69, 9.17) is 9.72 Å². The minimum atomic E-state index is -0.0915. The molecule has 0 radical (unpaired) electrons. The van der Waals surface area contributed by atoms with Gasteiger partial charge < -0.3 is 19.9 Å². The molecule has 1 atom stereocenters. The van der Waals surface area contributed by atoms with Crippen molar-refractivity contribution in [2.75, 3.05) is 44.0 Å². The Hall–Kier alpha value is -3.24. The maximum Gasteiger partial charge on any atom is 0.309 e. The summed E-state index contributed by atoms with van der Waals surface area (Å²) in [4.78, 5) is 28.7. The Balaban J connectivity index is 1.35. The first-order chi connectivity index (χ1) is 18.0. The third-order valence-corrected chi connectivity index (χ3v) is 8.97. The molecule has 1 aromatic carbocycles. The molecule has 194 valence electrons. The Bertz CT molecular complexity index is 1440. The summed E-state index contributed by atoms with van der Waals surface area (Å²) < 4.78 is 5.30. The van der Waals surface area contributed by atoms with Crippen LogP contribution in [0.2, 0.25) is 0 Å². The van der Waals surface area contributed by atoms with Crippen molar-refractivity contribution in [1.29, 1.82) is 0 Å². The van der Waals surface area contributed by atoms with E-state index in [-0.39, 0.29) is 11.9 Å². The van der Waals surface area contributed by atoms with Crippen molar-refractivity contribution in [3.05, 3.63) is 35.1 Å². The van der Waals surface area contributed by atoms with E-state index in [9.17, 15) is 4.79 Å². The molecule has 9 nitrogen and oxygen atoms in total. The van der Waals surface area contributed by atoms with Gasteiger partial charge in [0.2, 0.25) is 0 Å². The lowest BCUT2D eigenvalue weighted by Gasteiger charge is -2.37. The molecule has 2 N–H and O–H groups in total. The third kappa shape index (κ3) is 4.53. The van der Waals surface area contributed by atoms with Gasteiger partial charge in [0, 0.05) is 29.4 Å². The molecule has 0 bridgehead atoms. The summed E-state index contributed by atoms with van der Waals surface area (Å²) in [7, 11) is 4.33. The minimum Gasteiger partial charge on any atom is -0.466 e. The Labute approximate surface area is 220 Å². The number of piperidine rings is 1. The summed E-state index contributed by atoms with van der Waals surface area (Å²) in [6.07, 6.45) is 8.08. The van der Waals surface area contributed by atoms with Crippen molar-refractivity contribution in [2.45, 2.75) is 45.1 Å². The summed E-state index contributed by atoms with van der Waals surface area (Å²) in [6.45, 7) is 4.28. The zero-order chi connectivity index (χ0) is 25.5. The van der Waals surface area contributed by atoms with Gasteiger partial charge in [0.05, 0.1) is 41.0 Å². The predicted octanol–water partition coefficient (Wildman–Crippen LogP) is 4.51. The highest BCUT2D eigenvalue weighted by atomic mass is 32.1. The molecule has 1 saturated heterocycles. The summed E-state index contributed by atoms with van der Waals surface area (Å²) in [5, 5.41) is 13.2.